The number of para-hydroxylation sites is 1. The van der Waals surface area contributed by atoms with Gasteiger partial charge in [0.1, 0.15) is 6.04 Å². The molecule has 7 heteroatoms. The Morgan fingerprint density at radius 2 is 2.14 bits per heavy atom. The SMILES string of the molecule is COC(=O)N[C@H](C)C(=O)NCCc1nc2ccccc2s1. The molecule has 2 rings (SSSR count). The number of aromatic nitrogens is 1. The molecule has 0 aliphatic heterocycles. The zero-order valence-corrected chi connectivity index (χ0v) is 12.7. The summed E-state index contributed by atoms with van der Waals surface area (Å²) in [6.45, 7) is 2.08. The molecule has 1 atom stereocenters. The number of nitrogens with zero attached hydrogens (tertiary/aromatic N) is 1. The number of alkyl carbamates (subject to hydrolysis) is 1. The molecular weight excluding hydrogens is 290 g/mol. The Hall–Kier alpha value is -2.15. The molecule has 1 aromatic carbocycles. The lowest BCUT2D eigenvalue weighted by atomic mass is 10.3. The molecule has 2 aromatic rings. The minimum Gasteiger partial charge on any atom is -0.453 e. The second-order valence-electron chi connectivity index (χ2n) is 4.47. The third kappa shape index (κ3) is 4.16. The molecule has 0 radical (unpaired) electrons. The minimum absolute atomic E-state index is 0.249. The molecule has 2 N–H and O–H groups in total. The molecule has 0 aliphatic carbocycles. The van der Waals surface area contributed by atoms with Gasteiger partial charge in [-0.2, -0.15) is 0 Å². The highest BCUT2D eigenvalue weighted by Crippen LogP contribution is 2.21. The molecule has 1 aromatic heterocycles. The Labute approximate surface area is 126 Å². The molecule has 0 bridgehead atoms. The fraction of sp³-hybridized carbons (Fsp3) is 0.357. The fourth-order valence-corrected chi connectivity index (χ4v) is 2.74. The molecule has 21 heavy (non-hydrogen) atoms. The van der Waals surface area contributed by atoms with Crippen molar-refractivity contribution < 1.29 is 14.3 Å². The summed E-state index contributed by atoms with van der Waals surface area (Å²) < 4.78 is 5.58. The van der Waals surface area contributed by atoms with Crippen LogP contribution in [-0.2, 0) is 16.0 Å². The van der Waals surface area contributed by atoms with Gasteiger partial charge in [-0.1, -0.05) is 12.1 Å². The molecule has 1 heterocycles. The number of thiazole rings is 1. The second-order valence-corrected chi connectivity index (χ2v) is 5.59. The molecule has 6 nitrogen and oxygen atoms in total. The highest BCUT2D eigenvalue weighted by Gasteiger charge is 2.15. The van der Waals surface area contributed by atoms with Crippen molar-refractivity contribution in [2.24, 2.45) is 0 Å². The number of amides is 2. The number of benzene rings is 1. The number of hydrogen-bond donors (Lipinski definition) is 2. The molecule has 0 unspecified atom stereocenters. The van der Waals surface area contributed by atoms with Gasteiger partial charge in [0.15, 0.2) is 0 Å². The van der Waals surface area contributed by atoms with E-state index >= 15 is 0 Å². The average Bonchev–Trinajstić information content (AvgIpc) is 2.89. The van der Waals surface area contributed by atoms with E-state index < -0.39 is 12.1 Å². The van der Waals surface area contributed by atoms with Crippen molar-refractivity contribution in [3.63, 3.8) is 0 Å². The summed E-state index contributed by atoms with van der Waals surface area (Å²) in [5, 5.41) is 6.15. The molecule has 2 amide bonds. The van der Waals surface area contributed by atoms with E-state index in [-0.39, 0.29) is 5.91 Å². The Morgan fingerprint density at radius 1 is 1.38 bits per heavy atom. The lowest BCUT2D eigenvalue weighted by Gasteiger charge is -2.12. The quantitative estimate of drug-likeness (QED) is 0.881. The first-order valence-electron chi connectivity index (χ1n) is 6.57. The third-order valence-electron chi connectivity index (χ3n) is 2.89. The summed E-state index contributed by atoms with van der Waals surface area (Å²) in [5.41, 5.74) is 0.976. The molecule has 0 spiro atoms. The lowest BCUT2D eigenvalue weighted by Crippen LogP contribution is -2.45. The van der Waals surface area contributed by atoms with Gasteiger partial charge < -0.3 is 15.4 Å². The van der Waals surface area contributed by atoms with Crippen LogP contribution >= 0.6 is 11.3 Å². The van der Waals surface area contributed by atoms with Gasteiger partial charge in [-0.25, -0.2) is 9.78 Å². The van der Waals surface area contributed by atoms with E-state index in [2.05, 4.69) is 20.4 Å². The Balaban J connectivity index is 1.80. The fourth-order valence-electron chi connectivity index (χ4n) is 1.77. The van der Waals surface area contributed by atoms with Crippen LogP contribution < -0.4 is 10.6 Å². The summed E-state index contributed by atoms with van der Waals surface area (Å²) >= 11 is 1.62. The molecule has 0 saturated carbocycles. The van der Waals surface area contributed by atoms with Crippen LogP contribution in [-0.4, -0.2) is 36.7 Å². The molecule has 0 fully saturated rings. The summed E-state index contributed by atoms with van der Waals surface area (Å²) in [7, 11) is 1.26. The monoisotopic (exact) mass is 307 g/mol. The third-order valence-corrected chi connectivity index (χ3v) is 3.99. The highest BCUT2D eigenvalue weighted by atomic mass is 32.1. The van der Waals surface area contributed by atoms with Gasteiger partial charge in [-0.05, 0) is 19.1 Å². The van der Waals surface area contributed by atoms with Crippen molar-refractivity contribution in [3.05, 3.63) is 29.3 Å². The topological polar surface area (TPSA) is 80.3 Å². The van der Waals surface area contributed by atoms with Crippen LogP contribution in [0.2, 0.25) is 0 Å². The van der Waals surface area contributed by atoms with Crippen LogP contribution in [0.5, 0.6) is 0 Å². The number of nitrogens with one attached hydrogen (secondary N) is 2. The van der Waals surface area contributed by atoms with Crippen molar-refractivity contribution in [2.45, 2.75) is 19.4 Å². The van der Waals surface area contributed by atoms with Gasteiger partial charge in [0.25, 0.3) is 0 Å². The van der Waals surface area contributed by atoms with Gasteiger partial charge >= 0.3 is 6.09 Å². The number of carbonyl (C=O) groups excluding carboxylic acids is 2. The van der Waals surface area contributed by atoms with E-state index in [0.29, 0.717) is 13.0 Å². The van der Waals surface area contributed by atoms with Crippen molar-refractivity contribution in [3.8, 4) is 0 Å². The van der Waals surface area contributed by atoms with Crippen LogP contribution in [0.15, 0.2) is 24.3 Å². The van der Waals surface area contributed by atoms with E-state index in [4.69, 9.17) is 0 Å². The van der Waals surface area contributed by atoms with Gasteiger partial charge in [-0.15, -0.1) is 11.3 Å². The summed E-state index contributed by atoms with van der Waals surface area (Å²) in [5.74, 6) is -0.249. The zero-order chi connectivity index (χ0) is 15.2. The molecule has 0 aliphatic rings. The number of rotatable bonds is 5. The smallest absolute Gasteiger partial charge is 0.407 e. The van der Waals surface area contributed by atoms with Crippen LogP contribution in [0, 0.1) is 0 Å². The minimum atomic E-state index is -0.632. The second kappa shape index (κ2) is 7.03. The maximum atomic E-state index is 11.8. The highest BCUT2D eigenvalue weighted by molar-refractivity contribution is 7.18. The van der Waals surface area contributed by atoms with Crippen molar-refractivity contribution >= 4 is 33.6 Å². The zero-order valence-electron chi connectivity index (χ0n) is 11.9. The summed E-state index contributed by atoms with van der Waals surface area (Å²) in [6.07, 6.45) is 0.0413. The normalized spacial score (nSPS) is 11.9. The number of fused-ring (bicyclic) bond motifs is 1. The van der Waals surface area contributed by atoms with E-state index in [1.165, 1.54) is 7.11 Å². The van der Waals surface area contributed by atoms with E-state index in [9.17, 15) is 9.59 Å². The van der Waals surface area contributed by atoms with Gasteiger partial charge in [-0.3, -0.25) is 4.79 Å². The maximum absolute atomic E-state index is 11.8. The van der Waals surface area contributed by atoms with Crippen molar-refractivity contribution in [2.75, 3.05) is 13.7 Å². The average molecular weight is 307 g/mol. The molecule has 0 saturated heterocycles. The summed E-state index contributed by atoms with van der Waals surface area (Å²) in [4.78, 5) is 27.3. The van der Waals surface area contributed by atoms with E-state index in [0.717, 1.165) is 15.2 Å². The predicted molar refractivity (Wildman–Crippen MR) is 81.3 cm³/mol. The Morgan fingerprint density at radius 3 is 2.86 bits per heavy atom. The number of methoxy groups -OCH3 is 1. The first-order valence-corrected chi connectivity index (χ1v) is 7.38. The standard InChI is InChI=1S/C14H17N3O3S/c1-9(16-14(19)20-2)13(18)15-8-7-12-17-10-5-3-4-6-11(10)21-12/h3-6,9H,7-8H2,1-2H3,(H,15,18)(H,16,19)/t9-/m1/s1. The molecular formula is C14H17N3O3S. The van der Waals surface area contributed by atoms with E-state index in [1.54, 1.807) is 18.3 Å². The van der Waals surface area contributed by atoms with Crippen LogP contribution in [0.1, 0.15) is 11.9 Å². The predicted octanol–water partition coefficient (Wildman–Crippen LogP) is 1.70. The largest absolute Gasteiger partial charge is 0.453 e. The Bertz CT molecular complexity index is 608. The van der Waals surface area contributed by atoms with Crippen LogP contribution in [0.25, 0.3) is 10.2 Å². The Kier molecular flexibility index (Phi) is 5.10. The maximum Gasteiger partial charge on any atom is 0.407 e. The first kappa shape index (κ1) is 15.2. The van der Waals surface area contributed by atoms with Gasteiger partial charge in [0.05, 0.1) is 22.3 Å². The van der Waals surface area contributed by atoms with E-state index in [1.807, 2.05) is 24.3 Å². The van der Waals surface area contributed by atoms with Crippen LogP contribution in [0.4, 0.5) is 4.79 Å². The van der Waals surface area contributed by atoms with Crippen LogP contribution in [0.3, 0.4) is 0 Å². The van der Waals surface area contributed by atoms with Gasteiger partial charge in [0.2, 0.25) is 5.91 Å². The number of ether oxygens (including phenoxy) is 1. The summed E-state index contributed by atoms with van der Waals surface area (Å²) in [6, 6.07) is 7.29. The number of hydrogen-bond acceptors (Lipinski definition) is 5. The molecule has 112 valence electrons. The van der Waals surface area contributed by atoms with Gasteiger partial charge in [0, 0.05) is 13.0 Å². The number of carbonyl (C=O) groups is 2. The first-order chi connectivity index (χ1) is 10.1. The van der Waals surface area contributed by atoms with Crippen molar-refractivity contribution in [1.82, 2.24) is 15.6 Å². The van der Waals surface area contributed by atoms with Crippen molar-refractivity contribution in [1.29, 1.82) is 0 Å². The lowest BCUT2D eigenvalue weighted by molar-refractivity contribution is -0.122.